The first-order valence-corrected chi connectivity index (χ1v) is 6.15. The Hall–Kier alpha value is -2.00. The molecule has 0 saturated carbocycles. The number of aromatic nitrogens is 4. The van der Waals surface area contributed by atoms with Crippen LogP contribution in [-0.2, 0) is 0 Å². The van der Waals surface area contributed by atoms with E-state index in [9.17, 15) is 0 Å². The van der Waals surface area contributed by atoms with Gasteiger partial charge in [-0.1, -0.05) is 0 Å². The quantitative estimate of drug-likeness (QED) is 0.768. The Morgan fingerprint density at radius 1 is 1.17 bits per heavy atom. The minimum absolute atomic E-state index is 0.481. The van der Waals surface area contributed by atoms with Crippen LogP contribution in [-0.4, -0.2) is 20.2 Å². The maximum atomic E-state index is 8.98. The Morgan fingerprint density at radius 2 is 1.83 bits per heavy atom. The van der Waals surface area contributed by atoms with Crippen molar-refractivity contribution in [2.24, 2.45) is 0 Å². The molecular weight excluding hydrogens is 246 g/mol. The largest absolute Gasteiger partial charge is 0.227 e. The predicted molar refractivity (Wildman–Crippen MR) is 67.1 cm³/mol. The average molecular weight is 257 g/mol. The van der Waals surface area contributed by atoms with Gasteiger partial charge >= 0.3 is 0 Å². The zero-order valence-corrected chi connectivity index (χ0v) is 11.1. The van der Waals surface area contributed by atoms with Gasteiger partial charge in [-0.25, -0.2) is 9.97 Å². The minimum atomic E-state index is 0.481. The van der Waals surface area contributed by atoms with E-state index < -0.39 is 0 Å². The molecule has 0 aliphatic heterocycles. The second-order valence-electron chi connectivity index (χ2n) is 3.77. The van der Waals surface area contributed by atoms with Crippen LogP contribution in [0.25, 0.3) is 0 Å². The molecule has 0 atom stereocenters. The van der Waals surface area contributed by atoms with Crippen molar-refractivity contribution in [3.05, 3.63) is 34.8 Å². The molecule has 2 aromatic rings. The molecule has 90 valence electrons. The third-order valence-corrected chi connectivity index (χ3v) is 3.47. The van der Waals surface area contributed by atoms with E-state index in [1.54, 1.807) is 6.07 Å². The summed E-state index contributed by atoms with van der Waals surface area (Å²) in [4.78, 5) is 8.76. The number of aryl methyl sites for hydroxylation is 2. The van der Waals surface area contributed by atoms with Gasteiger partial charge in [0.05, 0.1) is 11.8 Å². The summed E-state index contributed by atoms with van der Waals surface area (Å²) in [6, 6.07) is 3.71. The molecule has 18 heavy (non-hydrogen) atoms. The summed E-state index contributed by atoms with van der Waals surface area (Å²) < 4.78 is 0. The molecule has 0 N–H and O–H groups in total. The summed E-state index contributed by atoms with van der Waals surface area (Å²) >= 11 is 1.26. The maximum absolute atomic E-state index is 8.98. The van der Waals surface area contributed by atoms with Crippen molar-refractivity contribution in [3.63, 3.8) is 0 Å². The highest BCUT2D eigenvalue weighted by molar-refractivity contribution is 7.99. The van der Waals surface area contributed by atoms with Crippen molar-refractivity contribution in [2.45, 2.75) is 31.0 Å². The van der Waals surface area contributed by atoms with Crippen molar-refractivity contribution in [1.82, 2.24) is 20.2 Å². The molecule has 0 amide bonds. The van der Waals surface area contributed by atoms with Gasteiger partial charge < -0.3 is 0 Å². The third-order valence-electron chi connectivity index (χ3n) is 2.61. The highest BCUT2D eigenvalue weighted by Gasteiger charge is 2.10. The van der Waals surface area contributed by atoms with E-state index >= 15 is 0 Å². The Balaban J connectivity index is 2.38. The van der Waals surface area contributed by atoms with Gasteiger partial charge in [0.25, 0.3) is 0 Å². The lowest BCUT2D eigenvalue weighted by molar-refractivity contribution is 0.867. The SMILES string of the molecule is Cc1nc(Sc2nnccc2C#N)nc(C)c1C. The Labute approximate surface area is 109 Å². The molecule has 0 aromatic carbocycles. The van der Waals surface area contributed by atoms with Crippen LogP contribution in [0.5, 0.6) is 0 Å². The lowest BCUT2D eigenvalue weighted by Crippen LogP contribution is -1.99. The number of nitrogens with zero attached hydrogens (tertiary/aromatic N) is 5. The van der Waals surface area contributed by atoms with E-state index in [0.29, 0.717) is 15.7 Å². The molecule has 0 aliphatic rings. The maximum Gasteiger partial charge on any atom is 0.194 e. The van der Waals surface area contributed by atoms with Gasteiger partial charge in [0, 0.05) is 11.4 Å². The fourth-order valence-electron chi connectivity index (χ4n) is 1.35. The van der Waals surface area contributed by atoms with Crippen LogP contribution in [0.4, 0.5) is 0 Å². The molecule has 0 radical (unpaired) electrons. The zero-order valence-electron chi connectivity index (χ0n) is 10.3. The fourth-order valence-corrected chi connectivity index (χ4v) is 2.20. The first-order valence-electron chi connectivity index (χ1n) is 5.33. The van der Waals surface area contributed by atoms with Gasteiger partial charge in [0.15, 0.2) is 5.16 Å². The number of nitriles is 1. The van der Waals surface area contributed by atoms with E-state index in [-0.39, 0.29) is 0 Å². The number of hydrogen-bond acceptors (Lipinski definition) is 6. The first kappa shape index (κ1) is 12.5. The minimum Gasteiger partial charge on any atom is -0.227 e. The predicted octanol–water partition coefficient (Wildman–Crippen LogP) is 2.21. The van der Waals surface area contributed by atoms with E-state index in [4.69, 9.17) is 5.26 Å². The Morgan fingerprint density at radius 3 is 2.44 bits per heavy atom. The van der Waals surface area contributed by atoms with Crippen molar-refractivity contribution in [2.75, 3.05) is 0 Å². The van der Waals surface area contributed by atoms with E-state index in [2.05, 4.69) is 26.2 Å². The standard InChI is InChI=1S/C12H11N5S/c1-7-8(2)15-12(16-9(7)3)18-11-10(6-13)4-5-14-17-11/h4-5H,1-3H3. The van der Waals surface area contributed by atoms with Crippen LogP contribution < -0.4 is 0 Å². The fraction of sp³-hybridized carbons (Fsp3) is 0.250. The summed E-state index contributed by atoms with van der Waals surface area (Å²) in [6.07, 6.45) is 1.50. The molecule has 2 heterocycles. The number of rotatable bonds is 2. The second-order valence-corrected chi connectivity index (χ2v) is 4.72. The molecule has 5 nitrogen and oxygen atoms in total. The van der Waals surface area contributed by atoms with Gasteiger partial charge in [-0.15, -0.1) is 5.10 Å². The molecule has 0 bridgehead atoms. The zero-order chi connectivity index (χ0) is 13.1. The molecule has 0 spiro atoms. The van der Waals surface area contributed by atoms with Crippen LogP contribution in [0.2, 0.25) is 0 Å². The average Bonchev–Trinajstić information content (AvgIpc) is 2.36. The molecule has 0 fully saturated rings. The Kier molecular flexibility index (Phi) is 3.53. The van der Waals surface area contributed by atoms with Gasteiger partial charge in [0.1, 0.15) is 11.1 Å². The highest BCUT2D eigenvalue weighted by atomic mass is 32.2. The first-order chi connectivity index (χ1) is 8.61. The van der Waals surface area contributed by atoms with E-state index in [0.717, 1.165) is 17.0 Å². The molecule has 2 aromatic heterocycles. The molecule has 6 heteroatoms. The second kappa shape index (κ2) is 5.10. The smallest absolute Gasteiger partial charge is 0.194 e. The topological polar surface area (TPSA) is 75.3 Å². The van der Waals surface area contributed by atoms with Gasteiger partial charge in [-0.3, -0.25) is 0 Å². The lowest BCUT2D eigenvalue weighted by atomic mass is 10.2. The normalized spacial score (nSPS) is 10.1. The lowest BCUT2D eigenvalue weighted by Gasteiger charge is -2.06. The van der Waals surface area contributed by atoms with Crippen molar-refractivity contribution in [3.8, 4) is 6.07 Å². The summed E-state index contributed by atoms with van der Waals surface area (Å²) in [7, 11) is 0. The molecule has 0 saturated heterocycles. The molecule has 0 aliphatic carbocycles. The van der Waals surface area contributed by atoms with E-state index in [1.165, 1.54) is 18.0 Å². The summed E-state index contributed by atoms with van der Waals surface area (Å²) in [5, 5.41) is 17.8. The van der Waals surface area contributed by atoms with Crippen LogP contribution in [0, 0.1) is 32.1 Å². The van der Waals surface area contributed by atoms with Crippen molar-refractivity contribution < 1.29 is 0 Å². The molecule has 2 rings (SSSR count). The van der Waals surface area contributed by atoms with E-state index in [1.807, 2.05) is 20.8 Å². The summed E-state index contributed by atoms with van der Waals surface area (Å²) in [6.45, 7) is 5.87. The molecular formula is C12H11N5S. The summed E-state index contributed by atoms with van der Waals surface area (Å²) in [5.74, 6) is 0. The van der Waals surface area contributed by atoms with Crippen molar-refractivity contribution >= 4 is 11.8 Å². The van der Waals surface area contributed by atoms with Gasteiger partial charge in [0.2, 0.25) is 0 Å². The van der Waals surface area contributed by atoms with Crippen molar-refractivity contribution in [1.29, 1.82) is 5.26 Å². The molecule has 0 unspecified atom stereocenters. The van der Waals surface area contributed by atoms with Crippen LogP contribution >= 0.6 is 11.8 Å². The summed E-state index contributed by atoms with van der Waals surface area (Å²) in [5.41, 5.74) is 3.44. The van der Waals surface area contributed by atoms with Crippen LogP contribution in [0.3, 0.4) is 0 Å². The third kappa shape index (κ3) is 2.46. The van der Waals surface area contributed by atoms with Crippen LogP contribution in [0.1, 0.15) is 22.5 Å². The van der Waals surface area contributed by atoms with Crippen LogP contribution in [0.15, 0.2) is 22.4 Å². The van der Waals surface area contributed by atoms with Gasteiger partial charge in [-0.2, -0.15) is 10.4 Å². The highest BCUT2D eigenvalue weighted by Crippen LogP contribution is 2.26. The van der Waals surface area contributed by atoms with Gasteiger partial charge in [-0.05, 0) is 44.2 Å². The monoisotopic (exact) mass is 257 g/mol. The number of hydrogen-bond donors (Lipinski definition) is 0. The Bertz CT molecular complexity index is 610.